The Hall–Kier alpha value is -1.64. The number of carbonyl (C=O) groups excluding carboxylic acids is 1. The van der Waals surface area contributed by atoms with Crippen molar-refractivity contribution in [2.75, 3.05) is 18.5 Å². The maximum atomic E-state index is 12.4. The van der Waals surface area contributed by atoms with E-state index in [1.165, 1.54) is 16.8 Å². The van der Waals surface area contributed by atoms with Gasteiger partial charge in [0.15, 0.2) is 0 Å². The summed E-state index contributed by atoms with van der Waals surface area (Å²) in [5.74, 6) is 0.178. The molecule has 1 unspecified atom stereocenters. The first-order valence-electron chi connectivity index (χ1n) is 6.15. The van der Waals surface area contributed by atoms with Gasteiger partial charge < -0.3 is 9.89 Å². The Bertz CT molecular complexity index is 493. The highest BCUT2D eigenvalue weighted by atomic mass is 16.2. The van der Waals surface area contributed by atoms with Gasteiger partial charge in [0.05, 0.1) is 11.6 Å². The number of aryl methyl sites for hydroxylation is 1. The van der Waals surface area contributed by atoms with E-state index in [-0.39, 0.29) is 11.8 Å². The lowest BCUT2D eigenvalue weighted by Gasteiger charge is -2.19. The zero-order valence-corrected chi connectivity index (χ0v) is 10.0. The van der Waals surface area contributed by atoms with E-state index >= 15 is 0 Å². The van der Waals surface area contributed by atoms with E-state index in [4.69, 9.17) is 0 Å². The number of nitrogens with zero attached hydrogens (tertiary/aromatic N) is 2. The van der Waals surface area contributed by atoms with Crippen LogP contribution in [0.2, 0.25) is 0 Å². The lowest BCUT2D eigenvalue weighted by molar-refractivity contribution is -0.120. The third-order valence-corrected chi connectivity index (χ3v) is 3.71. The number of aliphatic imine (C=N–C) groups is 1. The van der Waals surface area contributed by atoms with Crippen molar-refractivity contribution < 1.29 is 4.79 Å². The first-order chi connectivity index (χ1) is 8.31. The third kappa shape index (κ3) is 1.57. The zero-order valence-electron chi connectivity index (χ0n) is 10.0. The summed E-state index contributed by atoms with van der Waals surface area (Å²) in [4.78, 5) is 18.4. The van der Waals surface area contributed by atoms with Crippen LogP contribution in [0.15, 0.2) is 23.2 Å². The summed E-state index contributed by atoms with van der Waals surface area (Å²) in [6, 6.07) is 6.40. The second kappa shape index (κ2) is 3.99. The van der Waals surface area contributed by atoms with Crippen LogP contribution >= 0.6 is 0 Å². The van der Waals surface area contributed by atoms with Crippen molar-refractivity contribution in [3.05, 3.63) is 29.3 Å². The summed E-state index contributed by atoms with van der Waals surface area (Å²) in [6.07, 6.45) is 4.64. The van der Waals surface area contributed by atoms with Gasteiger partial charge in [0.1, 0.15) is 0 Å². The van der Waals surface area contributed by atoms with Crippen LogP contribution in [0.4, 0.5) is 5.69 Å². The molecule has 0 radical (unpaired) electrons. The standard InChI is InChI=1S/C14H16N2O/c1-15-9-12-6-5-10-3-2-4-11-7-8-16(13(10)11)14(12)17/h2-4,9,12H,5-8H2,1H3/b15-9+. The van der Waals surface area contributed by atoms with Gasteiger partial charge in [-0.1, -0.05) is 18.2 Å². The Morgan fingerprint density at radius 3 is 2.88 bits per heavy atom. The molecule has 1 atom stereocenters. The van der Waals surface area contributed by atoms with Gasteiger partial charge >= 0.3 is 0 Å². The van der Waals surface area contributed by atoms with Crippen LogP contribution < -0.4 is 4.90 Å². The SMILES string of the molecule is C/N=C/C1CCc2cccc3c2N(CC3)C1=O. The fourth-order valence-electron chi connectivity index (χ4n) is 2.91. The fourth-order valence-corrected chi connectivity index (χ4v) is 2.91. The van der Waals surface area contributed by atoms with Gasteiger partial charge in [-0.2, -0.15) is 0 Å². The molecule has 0 N–H and O–H groups in total. The summed E-state index contributed by atoms with van der Waals surface area (Å²) >= 11 is 0. The summed E-state index contributed by atoms with van der Waals surface area (Å²) in [5, 5.41) is 0. The molecule has 0 saturated carbocycles. The summed E-state index contributed by atoms with van der Waals surface area (Å²) < 4.78 is 0. The van der Waals surface area contributed by atoms with E-state index in [1.54, 1.807) is 13.3 Å². The highest BCUT2D eigenvalue weighted by Crippen LogP contribution is 2.36. The number of rotatable bonds is 1. The summed E-state index contributed by atoms with van der Waals surface area (Å²) in [7, 11) is 1.74. The smallest absolute Gasteiger partial charge is 0.235 e. The Balaban J connectivity index is 2.06. The van der Waals surface area contributed by atoms with Crippen LogP contribution in [0, 0.1) is 5.92 Å². The molecule has 2 aliphatic heterocycles. The topological polar surface area (TPSA) is 32.7 Å². The van der Waals surface area contributed by atoms with Crippen LogP contribution in [-0.2, 0) is 17.6 Å². The number of anilines is 1. The average molecular weight is 228 g/mol. The number of hydrogen-bond donors (Lipinski definition) is 0. The van der Waals surface area contributed by atoms with E-state index in [0.29, 0.717) is 0 Å². The molecule has 0 fully saturated rings. The van der Waals surface area contributed by atoms with Crippen molar-refractivity contribution >= 4 is 17.8 Å². The first-order valence-corrected chi connectivity index (χ1v) is 6.15. The largest absolute Gasteiger partial charge is 0.311 e. The van der Waals surface area contributed by atoms with E-state index in [9.17, 15) is 4.79 Å². The minimum absolute atomic E-state index is 0.0432. The number of carbonyl (C=O) groups is 1. The van der Waals surface area contributed by atoms with Crippen molar-refractivity contribution in [3.63, 3.8) is 0 Å². The Labute approximate surface area is 101 Å². The molecular weight excluding hydrogens is 212 g/mol. The molecular formula is C14H16N2O. The minimum atomic E-state index is -0.0432. The number of amides is 1. The molecule has 1 aromatic carbocycles. The van der Waals surface area contributed by atoms with Gasteiger partial charge in [-0.25, -0.2) is 0 Å². The van der Waals surface area contributed by atoms with Crippen LogP contribution in [-0.4, -0.2) is 25.7 Å². The lowest BCUT2D eigenvalue weighted by Crippen LogP contribution is -2.34. The maximum absolute atomic E-state index is 12.4. The van der Waals surface area contributed by atoms with Crippen LogP contribution in [0.3, 0.4) is 0 Å². The molecule has 2 heterocycles. The molecule has 0 spiro atoms. The summed E-state index contributed by atoms with van der Waals surface area (Å²) in [6.45, 7) is 0.833. The van der Waals surface area contributed by atoms with E-state index < -0.39 is 0 Å². The third-order valence-electron chi connectivity index (χ3n) is 3.71. The highest BCUT2D eigenvalue weighted by molar-refractivity contribution is 6.05. The monoisotopic (exact) mass is 228 g/mol. The molecule has 0 aliphatic carbocycles. The first kappa shape index (κ1) is 10.5. The second-order valence-corrected chi connectivity index (χ2v) is 4.72. The predicted octanol–water partition coefficient (Wildman–Crippen LogP) is 1.84. The molecule has 1 amide bonds. The lowest BCUT2D eigenvalue weighted by atomic mass is 9.99. The number of para-hydroxylation sites is 1. The average Bonchev–Trinajstić information content (AvgIpc) is 2.72. The van der Waals surface area contributed by atoms with Gasteiger partial charge in [0.25, 0.3) is 0 Å². The van der Waals surface area contributed by atoms with E-state index in [0.717, 1.165) is 25.8 Å². The van der Waals surface area contributed by atoms with Crippen molar-refractivity contribution in [1.82, 2.24) is 0 Å². The van der Waals surface area contributed by atoms with Gasteiger partial charge in [0, 0.05) is 19.8 Å². The maximum Gasteiger partial charge on any atom is 0.235 e. The zero-order chi connectivity index (χ0) is 11.8. The minimum Gasteiger partial charge on any atom is -0.311 e. The van der Waals surface area contributed by atoms with Gasteiger partial charge in [-0.15, -0.1) is 0 Å². The highest BCUT2D eigenvalue weighted by Gasteiger charge is 2.33. The molecule has 3 heteroatoms. The molecule has 0 saturated heterocycles. The molecule has 3 rings (SSSR count). The van der Waals surface area contributed by atoms with Gasteiger partial charge in [-0.05, 0) is 30.4 Å². The van der Waals surface area contributed by atoms with Crippen LogP contribution in [0.25, 0.3) is 0 Å². The van der Waals surface area contributed by atoms with Gasteiger partial charge in [-0.3, -0.25) is 4.79 Å². The predicted molar refractivity (Wildman–Crippen MR) is 68.7 cm³/mol. The second-order valence-electron chi connectivity index (χ2n) is 4.72. The molecule has 2 aliphatic rings. The van der Waals surface area contributed by atoms with Gasteiger partial charge in [0.2, 0.25) is 5.91 Å². The fraction of sp³-hybridized carbons (Fsp3) is 0.429. The normalized spacial score (nSPS) is 23.0. The van der Waals surface area contributed by atoms with Crippen molar-refractivity contribution in [1.29, 1.82) is 0 Å². The number of benzene rings is 1. The molecule has 3 nitrogen and oxygen atoms in total. The number of hydrogen-bond acceptors (Lipinski definition) is 2. The van der Waals surface area contributed by atoms with Crippen LogP contribution in [0.1, 0.15) is 17.5 Å². The van der Waals surface area contributed by atoms with Crippen LogP contribution in [0.5, 0.6) is 0 Å². The Morgan fingerprint density at radius 2 is 2.12 bits per heavy atom. The molecule has 0 aromatic heterocycles. The Kier molecular flexibility index (Phi) is 2.46. The molecule has 0 bridgehead atoms. The van der Waals surface area contributed by atoms with Crippen molar-refractivity contribution in [3.8, 4) is 0 Å². The van der Waals surface area contributed by atoms with Crippen molar-refractivity contribution in [2.24, 2.45) is 10.9 Å². The molecule has 1 aromatic rings. The quantitative estimate of drug-likeness (QED) is 0.675. The van der Waals surface area contributed by atoms with Crippen molar-refractivity contribution in [2.45, 2.75) is 19.3 Å². The molecule has 17 heavy (non-hydrogen) atoms. The van der Waals surface area contributed by atoms with E-state index in [2.05, 4.69) is 23.2 Å². The summed E-state index contributed by atoms with van der Waals surface area (Å²) in [5.41, 5.74) is 3.83. The van der Waals surface area contributed by atoms with E-state index in [1.807, 2.05) is 4.90 Å². The Morgan fingerprint density at radius 1 is 1.35 bits per heavy atom. The molecule has 88 valence electrons.